The van der Waals surface area contributed by atoms with E-state index in [0.29, 0.717) is 13.0 Å². The third-order valence-corrected chi connectivity index (χ3v) is 8.80. The summed E-state index contributed by atoms with van der Waals surface area (Å²) >= 11 is 0. The van der Waals surface area contributed by atoms with Crippen LogP contribution in [0, 0.1) is 11.7 Å². The Labute approximate surface area is 200 Å². The Bertz CT molecular complexity index is 1270. The van der Waals surface area contributed by atoms with E-state index in [1.54, 1.807) is 12.1 Å². The van der Waals surface area contributed by atoms with Gasteiger partial charge in [0.05, 0.1) is 36.3 Å². The van der Waals surface area contributed by atoms with Gasteiger partial charge >= 0.3 is 0 Å². The van der Waals surface area contributed by atoms with E-state index >= 15 is 0 Å². The smallest absolute Gasteiger partial charge is 0.165 e. The van der Waals surface area contributed by atoms with Crippen LogP contribution in [0.4, 0.5) is 4.39 Å². The summed E-state index contributed by atoms with van der Waals surface area (Å²) in [6, 6.07) is 13.3. The van der Waals surface area contributed by atoms with Crippen LogP contribution in [0.25, 0.3) is 11.0 Å². The SMILES string of the molecule is COc1ccc(CN2CCN(Cn3c(C[C@H]4CCS(=O)(=O)C4)nc4ccccc43)CC2)cc1F. The van der Waals surface area contributed by atoms with Gasteiger partial charge in [0.1, 0.15) is 5.82 Å². The van der Waals surface area contributed by atoms with Crippen LogP contribution in [0.5, 0.6) is 5.75 Å². The third-order valence-electron chi connectivity index (χ3n) is 6.96. The first kappa shape index (κ1) is 23.3. The topological polar surface area (TPSA) is 67.7 Å². The number of hydrogen-bond acceptors (Lipinski definition) is 6. The van der Waals surface area contributed by atoms with Gasteiger partial charge in [-0.25, -0.2) is 17.8 Å². The van der Waals surface area contributed by atoms with Gasteiger partial charge in [0.2, 0.25) is 0 Å². The molecule has 0 aliphatic carbocycles. The molecule has 0 radical (unpaired) electrons. The summed E-state index contributed by atoms with van der Waals surface area (Å²) in [6.45, 7) is 5.06. The van der Waals surface area contributed by atoms with Crippen molar-refractivity contribution in [3.63, 3.8) is 0 Å². The number of ether oxygens (including phenoxy) is 1. The molecular weight excluding hydrogens is 455 g/mol. The predicted octanol–water partition coefficient (Wildman–Crippen LogP) is 2.94. The van der Waals surface area contributed by atoms with Crippen LogP contribution in [0.15, 0.2) is 42.5 Å². The Kier molecular flexibility index (Phi) is 6.59. The standard InChI is InChI=1S/C25H31FN4O3S/c1-33-24-7-6-19(14-21(24)26)16-28-9-11-29(12-10-28)18-30-23-5-3-2-4-22(23)27-25(30)15-20-8-13-34(31,32)17-20/h2-7,14,20H,8-13,15-18H2,1H3/t20-/m1/s1. The summed E-state index contributed by atoms with van der Waals surface area (Å²) in [5.74, 6) is 1.61. The second-order valence-corrected chi connectivity index (χ2v) is 11.7. The quantitative estimate of drug-likeness (QED) is 0.512. The highest BCUT2D eigenvalue weighted by molar-refractivity contribution is 7.91. The molecule has 2 aliphatic rings. The zero-order chi connectivity index (χ0) is 23.7. The number of hydrogen-bond donors (Lipinski definition) is 0. The molecule has 1 atom stereocenters. The van der Waals surface area contributed by atoms with Crippen molar-refractivity contribution in [2.45, 2.75) is 26.1 Å². The van der Waals surface area contributed by atoms with Gasteiger partial charge in [-0.05, 0) is 42.2 Å². The molecule has 2 fully saturated rings. The summed E-state index contributed by atoms with van der Waals surface area (Å²) in [4.78, 5) is 9.62. The van der Waals surface area contributed by atoms with Crippen LogP contribution >= 0.6 is 0 Å². The minimum Gasteiger partial charge on any atom is -0.494 e. The van der Waals surface area contributed by atoms with Crippen molar-refractivity contribution in [2.75, 3.05) is 44.8 Å². The molecule has 182 valence electrons. The second-order valence-electron chi connectivity index (χ2n) is 9.42. The monoisotopic (exact) mass is 486 g/mol. The molecule has 2 saturated heterocycles. The summed E-state index contributed by atoms with van der Waals surface area (Å²) in [5.41, 5.74) is 2.99. The number of methoxy groups -OCH3 is 1. The van der Waals surface area contributed by atoms with Gasteiger partial charge in [-0.3, -0.25) is 9.80 Å². The number of sulfone groups is 1. The van der Waals surface area contributed by atoms with Crippen LogP contribution in [0.3, 0.4) is 0 Å². The molecule has 5 rings (SSSR count). The lowest BCUT2D eigenvalue weighted by molar-refractivity contribution is 0.103. The van der Waals surface area contributed by atoms with Crippen molar-refractivity contribution >= 4 is 20.9 Å². The number of halogens is 1. The average Bonchev–Trinajstić information content (AvgIpc) is 3.34. The number of para-hydroxylation sites is 2. The third kappa shape index (κ3) is 5.11. The van der Waals surface area contributed by atoms with Gasteiger partial charge < -0.3 is 9.30 Å². The second kappa shape index (κ2) is 9.64. The van der Waals surface area contributed by atoms with Gasteiger partial charge in [0.15, 0.2) is 21.4 Å². The van der Waals surface area contributed by atoms with Crippen molar-refractivity contribution in [1.82, 2.24) is 19.4 Å². The highest BCUT2D eigenvalue weighted by Gasteiger charge is 2.30. The molecule has 0 N–H and O–H groups in total. The van der Waals surface area contributed by atoms with Crippen molar-refractivity contribution in [3.8, 4) is 5.75 Å². The van der Waals surface area contributed by atoms with E-state index in [2.05, 4.69) is 20.4 Å². The lowest BCUT2D eigenvalue weighted by atomic mass is 10.1. The van der Waals surface area contributed by atoms with Crippen molar-refractivity contribution in [2.24, 2.45) is 5.92 Å². The predicted molar refractivity (Wildman–Crippen MR) is 130 cm³/mol. The number of nitrogens with zero attached hydrogens (tertiary/aromatic N) is 4. The molecule has 0 amide bonds. The molecule has 7 nitrogen and oxygen atoms in total. The van der Waals surface area contributed by atoms with E-state index < -0.39 is 9.84 Å². The minimum atomic E-state index is -2.91. The van der Waals surface area contributed by atoms with E-state index in [1.807, 2.05) is 24.3 Å². The number of benzene rings is 2. The van der Waals surface area contributed by atoms with E-state index in [1.165, 1.54) is 7.11 Å². The van der Waals surface area contributed by atoms with Gasteiger partial charge in [-0.1, -0.05) is 18.2 Å². The summed E-state index contributed by atoms with van der Waals surface area (Å²) in [7, 11) is -1.43. The van der Waals surface area contributed by atoms with Gasteiger partial charge in [0.25, 0.3) is 0 Å². The molecule has 3 aromatic rings. The van der Waals surface area contributed by atoms with Crippen LogP contribution in [-0.4, -0.2) is 72.6 Å². The molecule has 1 aromatic heterocycles. The molecule has 2 aliphatic heterocycles. The van der Waals surface area contributed by atoms with Crippen LogP contribution in [0.2, 0.25) is 0 Å². The molecule has 34 heavy (non-hydrogen) atoms. The summed E-state index contributed by atoms with van der Waals surface area (Å²) in [6.07, 6.45) is 1.41. The molecule has 0 saturated carbocycles. The summed E-state index contributed by atoms with van der Waals surface area (Å²) < 4.78 is 45.2. The Morgan fingerprint density at radius 2 is 1.85 bits per heavy atom. The lowest BCUT2D eigenvalue weighted by Crippen LogP contribution is -2.46. The first-order valence-corrected chi connectivity index (χ1v) is 13.6. The van der Waals surface area contributed by atoms with Crippen molar-refractivity contribution in [3.05, 3.63) is 59.7 Å². The molecule has 9 heteroatoms. The number of imidazole rings is 1. The number of rotatable bonds is 7. The highest BCUT2D eigenvalue weighted by atomic mass is 32.2. The first-order chi connectivity index (χ1) is 16.4. The zero-order valence-corrected chi connectivity index (χ0v) is 20.3. The van der Waals surface area contributed by atoms with E-state index in [-0.39, 0.29) is 29.0 Å². The maximum atomic E-state index is 14.0. The molecule has 2 aromatic carbocycles. The van der Waals surface area contributed by atoms with Crippen LogP contribution in [-0.2, 0) is 29.5 Å². The molecule has 0 bridgehead atoms. The molecule has 0 unspecified atom stereocenters. The maximum Gasteiger partial charge on any atom is 0.165 e. The van der Waals surface area contributed by atoms with Gasteiger partial charge in [-0.15, -0.1) is 0 Å². The maximum absolute atomic E-state index is 14.0. The molecular formula is C25H31FN4O3S. The number of aromatic nitrogens is 2. The highest BCUT2D eigenvalue weighted by Crippen LogP contribution is 2.25. The van der Waals surface area contributed by atoms with Crippen molar-refractivity contribution < 1.29 is 17.5 Å². The minimum absolute atomic E-state index is 0.141. The summed E-state index contributed by atoms with van der Waals surface area (Å²) in [5, 5.41) is 0. The van der Waals surface area contributed by atoms with Crippen LogP contribution in [0.1, 0.15) is 17.8 Å². The fraction of sp³-hybridized carbons (Fsp3) is 0.480. The normalized spacial score (nSPS) is 21.3. The van der Waals surface area contributed by atoms with E-state index in [0.717, 1.165) is 61.7 Å². The van der Waals surface area contributed by atoms with E-state index in [4.69, 9.17) is 9.72 Å². The van der Waals surface area contributed by atoms with Gasteiger partial charge in [0, 0.05) is 39.1 Å². The lowest BCUT2D eigenvalue weighted by Gasteiger charge is -2.35. The largest absolute Gasteiger partial charge is 0.494 e. The average molecular weight is 487 g/mol. The number of piperazine rings is 1. The van der Waals surface area contributed by atoms with Crippen LogP contribution < -0.4 is 4.74 Å². The fourth-order valence-electron chi connectivity index (χ4n) is 5.09. The Balaban J connectivity index is 1.25. The number of fused-ring (bicyclic) bond motifs is 1. The van der Waals surface area contributed by atoms with Crippen molar-refractivity contribution in [1.29, 1.82) is 0 Å². The molecule has 0 spiro atoms. The van der Waals surface area contributed by atoms with Gasteiger partial charge in [-0.2, -0.15) is 0 Å². The Morgan fingerprint density at radius 1 is 1.09 bits per heavy atom. The zero-order valence-electron chi connectivity index (χ0n) is 19.5. The Morgan fingerprint density at radius 3 is 2.56 bits per heavy atom. The molecule has 3 heterocycles. The first-order valence-electron chi connectivity index (χ1n) is 11.8. The van der Waals surface area contributed by atoms with E-state index in [9.17, 15) is 12.8 Å². The fourth-order valence-corrected chi connectivity index (χ4v) is 6.95. The Hall–Kier alpha value is -2.49.